The summed E-state index contributed by atoms with van der Waals surface area (Å²) in [6.07, 6.45) is 0. The van der Waals surface area contributed by atoms with Gasteiger partial charge < -0.3 is 9.90 Å². The molecule has 0 heterocycles. The summed E-state index contributed by atoms with van der Waals surface area (Å²) in [5, 5.41) is 9.49. The first kappa shape index (κ1) is 10.0. The van der Waals surface area contributed by atoms with Crippen LogP contribution in [0, 0.1) is 0 Å². The minimum atomic E-state index is -1.19. The van der Waals surface area contributed by atoms with Gasteiger partial charge in [-0.05, 0) is 12.5 Å². The molecule has 0 aromatic heterocycles. The minimum Gasteiger partial charge on any atom is -0.545 e. The fourth-order valence-electron chi connectivity index (χ4n) is 0. The maximum Gasteiger partial charge on any atom is 1.00 e. The second kappa shape index (κ2) is 4.12. The molecule has 0 amide bonds. The molecule has 0 aromatic rings. The number of carbonyl (C=O) groups excluding carboxylic acids is 1. The van der Waals surface area contributed by atoms with Gasteiger partial charge in [-0.25, -0.2) is 0 Å². The Bertz CT molecular complexity index is 75.7. The van der Waals surface area contributed by atoms with Gasteiger partial charge in [0.15, 0.2) is 0 Å². The van der Waals surface area contributed by atoms with Gasteiger partial charge in [0.25, 0.3) is 0 Å². The zero-order chi connectivity index (χ0) is 5.15. The molecular weight excluding hydrogens is 188 g/mol. The van der Waals surface area contributed by atoms with Crippen LogP contribution < -0.4 is 5.11 Å². The first-order valence-electron chi connectivity index (χ1n) is 1.51. The monoisotopic (exact) mass is 192 g/mol. The van der Waals surface area contributed by atoms with Crippen molar-refractivity contribution in [2.75, 3.05) is 0 Å². The summed E-state index contributed by atoms with van der Waals surface area (Å²) < 4.78 is 0. The quantitative estimate of drug-likeness (QED) is 0.408. The molecule has 3 heteroatoms. The molecule has 0 aliphatic rings. The average Bonchev–Trinajstić information content (AvgIpc) is 1.36. The van der Waals surface area contributed by atoms with Crippen LogP contribution in [0.5, 0.6) is 0 Å². The van der Waals surface area contributed by atoms with Crippen molar-refractivity contribution in [1.29, 1.82) is 0 Å². The molecule has 0 rings (SSSR count). The molecule has 0 aliphatic heterocycles. The normalized spacial score (nSPS) is 6.43. The van der Waals surface area contributed by atoms with E-state index in [1.54, 1.807) is 0 Å². The van der Waals surface area contributed by atoms with Crippen LogP contribution in [0.4, 0.5) is 0 Å². The van der Waals surface area contributed by atoms with Crippen LogP contribution in [-0.4, -0.2) is 5.97 Å². The van der Waals surface area contributed by atoms with Gasteiger partial charge >= 0.3 is 22.4 Å². The zero-order valence-electron chi connectivity index (χ0n) is 3.83. The van der Waals surface area contributed by atoms with Crippen molar-refractivity contribution < 1.29 is 32.3 Å². The first-order valence-corrected chi connectivity index (χ1v) is 1.51. The Morgan fingerprint density at radius 2 is 1.86 bits per heavy atom. The Hall–Kier alpha value is -0.0497. The third-order valence-corrected chi connectivity index (χ3v) is 0.348. The largest absolute Gasteiger partial charge is 1.00 e. The van der Waals surface area contributed by atoms with E-state index in [9.17, 15) is 9.90 Å². The summed E-state index contributed by atoms with van der Waals surface area (Å²) in [7, 11) is 0. The fourth-order valence-corrected chi connectivity index (χ4v) is 0. The Morgan fingerprint density at radius 3 is 1.86 bits per heavy atom. The molecule has 0 atom stereocenters. The van der Waals surface area contributed by atoms with E-state index in [0.29, 0.717) is 0 Å². The predicted molar refractivity (Wildman–Crippen MR) is 19.8 cm³/mol. The molecule has 0 radical (unpaired) electrons. The number of aliphatic carboxylic acids is 1. The minimum absolute atomic E-state index is 0. The molecule has 0 fully saturated rings. The zero-order valence-corrected chi connectivity index (χ0v) is 5.31. The Balaban J connectivity index is 0. The molecule has 0 N–H and O–H groups in total. The van der Waals surface area contributed by atoms with Crippen molar-refractivity contribution in [3.8, 4) is 0 Å². The van der Waals surface area contributed by atoms with Crippen LogP contribution in [0.15, 0.2) is 12.2 Å². The van der Waals surface area contributed by atoms with Gasteiger partial charge in [-0.2, -0.15) is 0 Å². The van der Waals surface area contributed by atoms with Crippen LogP contribution in [0.3, 0.4) is 0 Å². The van der Waals surface area contributed by atoms with E-state index in [-0.39, 0.29) is 28.0 Å². The van der Waals surface area contributed by atoms with Gasteiger partial charge in [-0.15, -0.1) is 0 Å². The van der Waals surface area contributed by atoms with Crippen LogP contribution in [0.2, 0.25) is 0 Å². The first-order chi connectivity index (χ1) is 2.64. The SMILES string of the molecule is C=C(C)C(=O)[O-].[Ag+]. The number of hydrogen-bond acceptors (Lipinski definition) is 2. The van der Waals surface area contributed by atoms with E-state index in [2.05, 4.69) is 6.58 Å². The molecule has 0 aliphatic carbocycles. The van der Waals surface area contributed by atoms with Crippen LogP contribution >= 0.6 is 0 Å². The topological polar surface area (TPSA) is 40.1 Å². The van der Waals surface area contributed by atoms with E-state index in [4.69, 9.17) is 0 Å². The standard InChI is InChI=1S/C4H6O2.Ag/c1-3(2)4(5)6;/h1H2,2H3,(H,5,6);/q;+1/p-1. The van der Waals surface area contributed by atoms with Gasteiger partial charge in [-0.3, -0.25) is 0 Å². The van der Waals surface area contributed by atoms with Gasteiger partial charge in [0.2, 0.25) is 0 Å². The summed E-state index contributed by atoms with van der Waals surface area (Å²) in [5.41, 5.74) is 0.0648. The number of carbonyl (C=O) groups is 1. The molecule has 44 valence electrons. The maximum absolute atomic E-state index is 9.49. The third kappa shape index (κ3) is 5.95. The molecular formula is C4H5AgO2. The van der Waals surface area contributed by atoms with Crippen molar-refractivity contribution in [1.82, 2.24) is 0 Å². The molecule has 2 nitrogen and oxygen atoms in total. The smallest absolute Gasteiger partial charge is 0.545 e. The van der Waals surface area contributed by atoms with E-state index < -0.39 is 5.97 Å². The van der Waals surface area contributed by atoms with Gasteiger partial charge in [0, 0.05) is 0 Å². The van der Waals surface area contributed by atoms with Crippen LogP contribution in [0.25, 0.3) is 0 Å². The second-order valence-electron chi connectivity index (χ2n) is 1.07. The summed E-state index contributed by atoms with van der Waals surface area (Å²) in [4.78, 5) is 9.49. The van der Waals surface area contributed by atoms with E-state index in [0.717, 1.165) is 0 Å². The molecule has 0 unspecified atom stereocenters. The van der Waals surface area contributed by atoms with E-state index >= 15 is 0 Å². The van der Waals surface area contributed by atoms with E-state index in [1.807, 2.05) is 0 Å². The van der Waals surface area contributed by atoms with Crippen LogP contribution in [-0.2, 0) is 27.2 Å². The fraction of sp³-hybridized carbons (Fsp3) is 0.250. The Kier molecular flexibility index (Phi) is 5.91. The van der Waals surface area contributed by atoms with Crippen molar-refractivity contribution in [2.45, 2.75) is 6.92 Å². The van der Waals surface area contributed by atoms with Crippen molar-refractivity contribution in [3.05, 3.63) is 12.2 Å². The predicted octanol–water partition coefficient (Wildman–Crippen LogP) is -0.690. The Morgan fingerprint density at radius 1 is 1.71 bits per heavy atom. The number of carboxylic acids is 1. The molecule has 0 spiro atoms. The molecule has 0 aromatic carbocycles. The van der Waals surface area contributed by atoms with Gasteiger partial charge in [0.05, 0.1) is 5.97 Å². The molecule has 7 heavy (non-hydrogen) atoms. The molecule has 0 saturated carbocycles. The summed E-state index contributed by atoms with van der Waals surface area (Å²) >= 11 is 0. The molecule has 0 saturated heterocycles. The van der Waals surface area contributed by atoms with Gasteiger partial charge in [0.1, 0.15) is 0 Å². The maximum atomic E-state index is 9.49. The van der Waals surface area contributed by atoms with Gasteiger partial charge in [-0.1, -0.05) is 6.58 Å². The van der Waals surface area contributed by atoms with Crippen molar-refractivity contribution in [3.63, 3.8) is 0 Å². The number of hydrogen-bond donors (Lipinski definition) is 0. The van der Waals surface area contributed by atoms with E-state index in [1.165, 1.54) is 6.92 Å². The summed E-state index contributed by atoms with van der Waals surface area (Å²) in [6.45, 7) is 4.48. The summed E-state index contributed by atoms with van der Waals surface area (Å²) in [5.74, 6) is -1.19. The number of carboxylic acid groups (broad SMARTS) is 1. The van der Waals surface area contributed by atoms with Crippen molar-refractivity contribution in [2.24, 2.45) is 0 Å². The summed E-state index contributed by atoms with van der Waals surface area (Å²) in [6, 6.07) is 0. The number of rotatable bonds is 1. The average molecular weight is 193 g/mol. The molecule has 0 bridgehead atoms. The third-order valence-electron chi connectivity index (χ3n) is 0.348. The second-order valence-corrected chi connectivity index (χ2v) is 1.07. The van der Waals surface area contributed by atoms with Crippen molar-refractivity contribution >= 4 is 5.97 Å². The Labute approximate surface area is 57.7 Å². The van der Waals surface area contributed by atoms with Crippen LogP contribution in [0.1, 0.15) is 6.92 Å².